The van der Waals surface area contributed by atoms with Crippen LogP contribution in [-0.2, 0) is 9.36 Å². The fourth-order valence-corrected chi connectivity index (χ4v) is 5.15. The third-order valence-electron chi connectivity index (χ3n) is 3.98. The highest BCUT2D eigenvalue weighted by atomic mass is 35.5. The van der Waals surface area contributed by atoms with Crippen molar-refractivity contribution in [1.82, 2.24) is 5.32 Å². The highest BCUT2D eigenvalue weighted by Gasteiger charge is 2.31. The van der Waals surface area contributed by atoms with E-state index in [0.29, 0.717) is 20.6 Å². The lowest BCUT2D eigenvalue weighted by molar-refractivity contribution is -0.121. The van der Waals surface area contributed by atoms with Crippen molar-refractivity contribution in [3.05, 3.63) is 74.2 Å². The molecule has 0 bridgehead atoms. The van der Waals surface area contributed by atoms with Gasteiger partial charge in [-0.3, -0.25) is 4.79 Å². The van der Waals surface area contributed by atoms with Crippen molar-refractivity contribution in [2.45, 2.75) is 5.92 Å². The van der Waals surface area contributed by atoms with Crippen molar-refractivity contribution in [3.8, 4) is 0 Å². The molecule has 2 aromatic carbocycles. The number of carbonyl (C=O) groups is 1. The number of amides is 1. The maximum Gasteiger partial charge on any atom is 0.506 e. The minimum atomic E-state index is -2.51. The summed E-state index contributed by atoms with van der Waals surface area (Å²) >= 11 is 19.5. The number of carbonyl (C=O) groups excluding carboxylic acids is 1. The lowest BCUT2D eigenvalue weighted by Gasteiger charge is -2.10. The Kier molecular flexibility index (Phi) is 7.10. The minimum Gasteiger partial charge on any atom is -0.332 e. The lowest BCUT2D eigenvalue weighted by atomic mass is 9.99. The normalized spacial score (nSPS) is 13.1. The monoisotopic (exact) mass is 472 g/mol. The molecule has 4 nitrogen and oxygen atoms in total. The molecule has 0 fully saturated rings. The average Bonchev–Trinajstić information content (AvgIpc) is 3.01. The van der Waals surface area contributed by atoms with Crippen LogP contribution in [0, 0.1) is 0 Å². The van der Waals surface area contributed by atoms with E-state index in [2.05, 4.69) is 5.32 Å². The number of halogens is 3. The first-order valence-corrected chi connectivity index (χ1v) is 11.5. The van der Waals surface area contributed by atoms with E-state index in [4.69, 9.17) is 34.8 Å². The maximum atomic E-state index is 12.7. The number of fused-ring (bicyclic) bond motifs is 1. The predicted molar refractivity (Wildman–Crippen MR) is 118 cm³/mol. The van der Waals surface area contributed by atoms with Crippen LogP contribution in [-0.4, -0.2) is 17.0 Å². The van der Waals surface area contributed by atoms with Crippen LogP contribution >= 0.6 is 54.2 Å². The van der Waals surface area contributed by atoms with Gasteiger partial charge in [-0.05, 0) is 68.9 Å². The summed E-state index contributed by atoms with van der Waals surface area (Å²) < 4.78 is 12.4. The summed E-state index contributed by atoms with van der Waals surface area (Å²) in [5.41, 5.74) is 1.40. The summed E-state index contributed by atoms with van der Waals surface area (Å²) in [6, 6.07) is 10.4. The molecule has 2 unspecified atom stereocenters. The molecule has 3 rings (SSSR count). The molecule has 0 aliphatic heterocycles. The topological polar surface area (TPSA) is 66.4 Å². The Labute approximate surface area is 181 Å². The molecular formula is C19H14Cl3NO3PS+. The van der Waals surface area contributed by atoms with Crippen molar-refractivity contribution in [1.29, 1.82) is 0 Å². The van der Waals surface area contributed by atoms with E-state index in [1.54, 1.807) is 36.4 Å². The number of rotatable bonds is 6. The largest absolute Gasteiger partial charge is 0.506 e. The van der Waals surface area contributed by atoms with E-state index >= 15 is 0 Å². The van der Waals surface area contributed by atoms with Crippen molar-refractivity contribution in [2.24, 2.45) is 0 Å². The number of benzene rings is 2. The molecule has 0 aliphatic carbocycles. The summed E-state index contributed by atoms with van der Waals surface area (Å²) in [6.07, 6.45) is 2.92. The van der Waals surface area contributed by atoms with Crippen molar-refractivity contribution in [3.63, 3.8) is 0 Å². The smallest absolute Gasteiger partial charge is 0.332 e. The Morgan fingerprint density at radius 3 is 2.54 bits per heavy atom. The van der Waals surface area contributed by atoms with E-state index in [9.17, 15) is 14.3 Å². The fraction of sp³-hybridized carbons (Fsp3) is 0.105. The zero-order chi connectivity index (χ0) is 20.3. The number of nitrogens with one attached hydrogen (secondary N) is 1. The van der Waals surface area contributed by atoms with Gasteiger partial charge in [0.1, 0.15) is 5.92 Å². The standard InChI is InChI=1S/C19H13Cl3NO3PS/c20-12-1-2-18-15(8-12)17(10-28-18)16(9-27(25)26)19(24)23-4-3-11-5-13(21)7-14(22)6-11/h1-8,10,16H,9H2,(H-,23,24,25,26)/p+1/b4-3+. The first-order chi connectivity index (χ1) is 13.3. The summed E-state index contributed by atoms with van der Waals surface area (Å²) in [4.78, 5) is 22.2. The molecule has 0 saturated heterocycles. The van der Waals surface area contributed by atoms with Crippen LogP contribution in [0.15, 0.2) is 48.0 Å². The van der Waals surface area contributed by atoms with Crippen LogP contribution in [0.1, 0.15) is 17.0 Å². The lowest BCUT2D eigenvalue weighted by Crippen LogP contribution is -2.26. The Balaban J connectivity index is 1.84. The highest BCUT2D eigenvalue weighted by Crippen LogP contribution is 2.36. The SMILES string of the molecule is O=C(N/C=C/c1cc(Cl)cc(Cl)c1)C(C[P+](=O)O)c1csc2ccc(Cl)cc12. The zero-order valence-electron chi connectivity index (χ0n) is 14.2. The Hall–Kier alpha value is -1.46. The molecule has 2 atom stereocenters. The molecule has 0 aliphatic rings. The first-order valence-electron chi connectivity index (χ1n) is 8.06. The summed E-state index contributed by atoms with van der Waals surface area (Å²) in [6.45, 7) is 0. The van der Waals surface area contributed by atoms with Gasteiger partial charge >= 0.3 is 8.03 Å². The van der Waals surface area contributed by atoms with Gasteiger partial charge in [0.05, 0.1) is 0 Å². The van der Waals surface area contributed by atoms with Crippen molar-refractivity contribution < 1.29 is 14.3 Å². The molecule has 9 heteroatoms. The Morgan fingerprint density at radius 1 is 1.14 bits per heavy atom. The summed E-state index contributed by atoms with van der Waals surface area (Å²) in [5.74, 6) is -1.17. The van der Waals surface area contributed by atoms with Gasteiger partial charge in [0.15, 0.2) is 6.16 Å². The number of hydrogen-bond donors (Lipinski definition) is 2. The molecular weight excluding hydrogens is 460 g/mol. The van der Waals surface area contributed by atoms with Crippen molar-refractivity contribution in [2.75, 3.05) is 6.16 Å². The average molecular weight is 474 g/mol. The van der Waals surface area contributed by atoms with E-state index in [-0.39, 0.29) is 12.1 Å². The summed E-state index contributed by atoms with van der Waals surface area (Å²) in [5, 5.41) is 6.80. The van der Waals surface area contributed by atoms with Crippen LogP contribution in [0.3, 0.4) is 0 Å². The second kappa shape index (κ2) is 9.36. The molecule has 0 radical (unpaired) electrons. The molecule has 0 saturated carbocycles. The van der Waals surface area contributed by atoms with Crippen LogP contribution < -0.4 is 5.32 Å². The zero-order valence-corrected chi connectivity index (χ0v) is 18.2. The van der Waals surface area contributed by atoms with Gasteiger partial charge in [-0.1, -0.05) is 34.8 Å². The van der Waals surface area contributed by atoms with Gasteiger partial charge in [-0.2, -0.15) is 4.89 Å². The van der Waals surface area contributed by atoms with E-state index < -0.39 is 13.9 Å². The van der Waals surface area contributed by atoms with E-state index in [1.165, 1.54) is 17.5 Å². The van der Waals surface area contributed by atoms with Gasteiger partial charge in [0, 0.05) is 26.0 Å². The molecule has 144 valence electrons. The van der Waals surface area contributed by atoms with E-state index in [1.807, 2.05) is 11.4 Å². The molecule has 1 aromatic heterocycles. The fourth-order valence-electron chi connectivity index (χ4n) is 2.76. The van der Waals surface area contributed by atoms with Gasteiger partial charge in [0.2, 0.25) is 5.91 Å². The second-order valence-corrected chi connectivity index (χ2v) is 9.25. The molecule has 1 heterocycles. The molecule has 3 aromatic rings. The van der Waals surface area contributed by atoms with Gasteiger partial charge in [0.25, 0.3) is 0 Å². The summed E-state index contributed by atoms with van der Waals surface area (Å²) in [7, 11) is -2.51. The quantitative estimate of drug-likeness (QED) is 0.403. The third kappa shape index (κ3) is 5.32. The van der Waals surface area contributed by atoms with Gasteiger partial charge in [-0.15, -0.1) is 11.3 Å². The van der Waals surface area contributed by atoms with Gasteiger partial charge in [-0.25, -0.2) is 0 Å². The maximum absolute atomic E-state index is 12.7. The van der Waals surface area contributed by atoms with Crippen LogP contribution in [0.25, 0.3) is 16.2 Å². The number of thiophene rings is 1. The minimum absolute atomic E-state index is 0.184. The van der Waals surface area contributed by atoms with E-state index in [0.717, 1.165) is 15.6 Å². The Bertz CT molecular complexity index is 1060. The highest BCUT2D eigenvalue weighted by molar-refractivity contribution is 7.38. The Morgan fingerprint density at radius 2 is 1.86 bits per heavy atom. The van der Waals surface area contributed by atoms with Crippen molar-refractivity contribution >= 4 is 76.2 Å². The second-order valence-electron chi connectivity index (χ2n) is 5.96. The van der Waals surface area contributed by atoms with Crippen LogP contribution in [0.4, 0.5) is 0 Å². The number of hydrogen-bond acceptors (Lipinski definition) is 3. The molecule has 2 N–H and O–H groups in total. The molecule has 28 heavy (non-hydrogen) atoms. The first kappa shape index (κ1) is 21.3. The molecule has 0 spiro atoms. The van der Waals surface area contributed by atoms with Crippen LogP contribution in [0.5, 0.6) is 0 Å². The molecule has 1 amide bonds. The third-order valence-corrected chi connectivity index (χ3v) is 6.31. The predicted octanol–water partition coefficient (Wildman–Crippen LogP) is 6.47. The van der Waals surface area contributed by atoms with Crippen LogP contribution in [0.2, 0.25) is 15.1 Å². The van der Waals surface area contributed by atoms with Gasteiger partial charge < -0.3 is 5.32 Å².